The molecular formula is C19H21NO3S. The number of carbonyl (C=O) groups is 1. The van der Waals surface area contributed by atoms with Crippen molar-refractivity contribution in [1.29, 1.82) is 0 Å². The maximum Gasteiger partial charge on any atom is 0.228 e. The Kier molecular flexibility index (Phi) is 5.64. The molecule has 0 saturated heterocycles. The van der Waals surface area contributed by atoms with Gasteiger partial charge in [-0.3, -0.25) is 4.79 Å². The molecule has 1 amide bonds. The molecule has 0 spiro atoms. The average molecular weight is 343 g/mol. The number of rotatable bonds is 5. The van der Waals surface area contributed by atoms with Crippen molar-refractivity contribution in [2.45, 2.75) is 18.2 Å². The summed E-state index contributed by atoms with van der Waals surface area (Å²) in [4.78, 5) is 13.5. The number of hydrogen-bond donors (Lipinski definition) is 1. The zero-order valence-corrected chi connectivity index (χ0v) is 14.5. The van der Waals surface area contributed by atoms with E-state index < -0.39 is 0 Å². The summed E-state index contributed by atoms with van der Waals surface area (Å²) in [5.74, 6) is 2.08. The Balaban J connectivity index is 1.57. The van der Waals surface area contributed by atoms with Gasteiger partial charge in [0.05, 0.1) is 13.2 Å². The smallest absolute Gasteiger partial charge is 0.228 e. The quantitative estimate of drug-likeness (QED) is 0.826. The van der Waals surface area contributed by atoms with Crippen LogP contribution >= 0.6 is 11.8 Å². The Bertz CT molecular complexity index is 690. The van der Waals surface area contributed by atoms with E-state index in [4.69, 9.17) is 9.47 Å². The molecule has 0 saturated carbocycles. The van der Waals surface area contributed by atoms with Crippen molar-refractivity contribution in [2.24, 2.45) is 5.92 Å². The van der Waals surface area contributed by atoms with Crippen molar-refractivity contribution in [2.75, 3.05) is 24.3 Å². The number of ether oxygens (including phenoxy) is 2. The van der Waals surface area contributed by atoms with Crippen LogP contribution in [0.2, 0.25) is 0 Å². The van der Waals surface area contributed by atoms with Crippen molar-refractivity contribution < 1.29 is 14.3 Å². The number of amides is 1. The predicted molar refractivity (Wildman–Crippen MR) is 97.0 cm³/mol. The molecule has 1 unspecified atom stereocenters. The Hall–Kier alpha value is -2.14. The van der Waals surface area contributed by atoms with Crippen LogP contribution in [-0.2, 0) is 4.79 Å². The molecule has 0 aromatic heterocycles. The van der Waals surface area contributed by atoms with Crippen LogP contribution in [0.15, 0.2) is 53.4 Å². The number of benzene rings is 2. The maximum atomic E-state index is 12.4. The lowest BCUT2D eigenvalue weighted by atomic mass is 10.2. The third kappa shape index (κ3) is 4.45. The standard InChI is InChI=1S/C19H21NO3S/c1-14(13-24-16-6-3-2-4-7-16)19(21)20-15-8-9-17-18(12-15)23-11-5-10-22-17/h2-4,6-9,12,14H,5,10-11,13H2,1H3,(H,20,21). The van der Waals surface area contributed by atoms with Crippen LogP contribution in [0.1, 0.15) is 13.3 Å². The summed E-state index contributed by atoms with van der Waals surface area (Å²) in [6.45, 7) is 3.23. The van der Waals surface area contributed by atoms with Crippen molar-refractivity contribution in [3.63, 3.8) is 0 Å². The predicted octanol–water partition coefficient (Wildman–Crippen LogP) is 4.21. The van der Waals surface area contributed by atoms with Crippen LogP contribution in [0.3, 0.4) is 0 Å². The Morgan fingerprint density at radius 3 is 2.67 bits per heavy atom. The highest BCUT2D eigenvalue weighted by Gasteiger charge is 2.16. The van der Waals surface area contributed by atoms with Crippen LogP contribution in [0.25, 0.3) is 0 Å². The summed E-state index contributed by atoms with van der Waals surface area (Å²) in [6, 6.07) is 15.6. The first-order valence-corrected chi connectivity index (χ1v) is 9.09. The van der Waals surface area contributed by atoms with E-state index in [1.54, 1.807) is 11.8 Å². The van der Waals surface area contributed by atoms with E-state index in [0.29, 0.717) is 19.0 Å². The van der Waals surface area contributed by atoms with E-state index >= 15 is 0 Å². The monoisotopic (exact) mass is 343 g/mol. The Morgan fingerprint density at radius 2 is 1.88 bits per heavy atom. The zero-order chi connectivity index (χ0) is 16.8. The molecule has 1 N–H and O–H groups in total. The zero-order valence-electron chi connectivity index (χ0n) is 13.7. The molecule has 4 nitrogen and oxygen atoms in total. The summed E-state index contributed by atoms with van der Waals surface area (Å²) in [7, 11) is 0. The van der Waals surface area contributed by atoms with Crippen molar-refractivity contribution in [3.05, 3.63) is 48.5 Å². The SMILES string of the molecule is CC(CSc1ccccc1)C(=O)Nc1ccc2c(c1)OCCCO2. The molecule has 1 aliphatic rings. The second-order valence-corrected chi connectivity index (χ2v) is 6.82. The van der Waals surface area contributed by atoms with Crippen LogP contribution in [0, 0.1) is 5.92 Å². The number of thioether (sulfide) groups is 1. The van der Waals surface area contributed by atoms with Crippen LogP contribution < -0.4 is 14.8 Å². The molecule has 0 fully saturated rings. The fourth-order valence-electron chi connectivity index (χ4n) is 2.32. The van der Waals surface area contributed by atoms with Gasteiger partial charge in [-0.05, 0) is 24.3 Å². The second kappa shape index (κ2) is 8.11. The highest BCUT2D eigenvalue weighted by Crippen LogP contribution is 2.32. The molecular weight excluding hydrogens is 322 g/mol. The van der Waals surface area contributed by atoms with E-state index in [1.165, 1.54) is 4.90 Å². The van der Waals surface area contributed by atoms with Crippen molar-refractivity contribution in [3.8, 4) is 11.5 Å². The molecule has 0 bridgehead atoms. The fraction of sp³-hybridized carbons (Fsp3) is 0.316. The molecule has 1 aliphatic heterocycles. The topological polar surface area (TPSA) is 47.6 Å². The minimum absolute atomic E-state index is 0.00733. The third-order valence-electron chi connectivity index (χ3n) is 3.71. The normalized spacial score (nSPS) is 14.5. The lowest BCUT2D eigenvalue weighted by Crippen LogP contribution is -2.22. The largest absolute Gasteiger partial charge is 0.490 e. The molecule has 2 aromatic carbocycles. The van der Waals surface area contributed by atoms with Crippen molar-refractivity contribution >= 4 is 23.4 Å². The first kappa shape index (κ1) is 16.7. The van der Waals surface area contributed by atoms with Gasteiger partial charge in [0.1, 0.15) is 0 Å². The van der Waals surface area contributed by atoms with E-state index in [-0.39, 0.29) is 11.8 Å². The molecule has 126 valence electrons. The number of hydrogen-bond acceptors (Lipinski definition) is 4. The first-order chi connectivity index (χ1) is 11.7. The molecule has 1 atom stereocenters. The summed E-state index contributed by atoms with van der Waals surface area (Å²) >= 11 is 1.69. The van der Waals surface area contributed by atoms with Gasteiger partial charge >= 0.3 is 0 Å². The molecule has 5 heteroatoms. The fourth-order valence-corrected chi connectivity index (χ4v) is 3.26. The van der Waals surface area contributed by atoms with Gasteiger partial charge < -0.3 is 14.8 Å². The van der Waals surface area contributed by atoms with Gasteiger partial charge in [0, 0.05) is 34.7 Å². The summed E-state index contributed by atoms with van der Waals surface area (Å²) < 4.78 is 11.3. The van der Waals surface area contributed by atoms with Crippen LogP contribution in [-0.4, -0.2) is 24.9 Å². The second-order valence-electron chi connectivity index (χ2n) is 5.73. The molecule has 2 aromatic rings. The molecule has 24 heavy (non-hydrogen) atoms. The van der Waals surface area contributed by atoms with Gasteiger partial charge in [-0.1, -0.05) is 25.1 Å². The van der Waals surface area contributed by atoms with Gasteiger partial charge in [0.15, 0.2) is 11.5 Å². The van der Waals surface area contributed by atoms with E-state index in [9.17, 15) is 4.79 Å². The number of carbonyl (C=O) groups excluding carboxylic acids is 1. The number of fused-ring (bicyclic) bond motifs is 1. The van der Waals surface area contributed by atoms with E-state index in [2.05, 4.69) is 17.4 Å². The summed E-state index contributed by atoms with van der Waals surface area (Å²) in [5.41, 5.74) is 0.737. The van der Waals surface area contributed by atoms with Gasteiger partial charge in [-0.2, -0.15) is 0 Å². The van der Waals surface area contributed by atoms with Gasteiger partial charge in [-0.15, -0.1) is 11.8 Å². The Morgan fingerprint density at radius 1 is 1.12 bits per heavy atom. The average Bonchev–Trinajstić information content (AvgIpc) is 2.85. The number of nitrogens with one attached hydrogen (secondary N) is 1. The van der Waals surface area contributed by atoms with E-state index in [0.717, 1.165) is 23.6 Å². The molecule has 3 rings (SSSR count). The molecule has 0 aliphatic carbocycles. The number of anilines is 1. The van der Waals surface area contributed by atoms with Gasteiger partial charge in [0.2, 0.25) is 5.91 Å². The minimum atomic E-state index is -0.0915. The Labute approximate surface area is 146 Å². The van der Waals surface area contributed by atoms with Crippen LogP contribution in [0.4, 0.5) is 5.69 Å². The highest BCUT2D eigenvalue weighted by molar-refractivity contribution is 7.99. The van der Waals surface area contributed by atoms with Gasteiger partial charge in [-0.25, -0.2) is 0 Å². The molecule has 1 heterocycles. The minimum Gasteiger partial charge on any atom is -0.490 e. The lowest BCUT2D eigenvalue weighted by Gasteiger charge is -2.14. The van der Waals surface area contributed by atoms with Crippen molar-refractivity contribution in [1.82, 2.24) is 0 Å². The molecule has 0 radical (unpaired) electrons. The first-order valence-electron chi connectivity index (χ1n) is 8.11. The summed E-state index contributed by atoms with van der Waals surface area (Å²) in [6.07, 6.45) is 0.865. The van der Waals surface area contributed by atoms with Crippen LogP contribution in [0.5, 0.6) is 11.5 Å². The summed E-state index contributed by atoms with van der Waals surface area (Å²) in [5, 5.41) is 2.96. The third-order valence-corrected chi connectivity index (χ3v) is 4.98. The lowest BCUT2D eigenvalue weighted by molar-refractivity contribution is -0.118. The van der Waals surface area contributed by atoms with E-state index in [1.807, 2.05) is 43.3 Å². The maximum absolute atomic E-state index is 12.4. The van der Waals surface area contributed by atoms with Gasteiger partial charge in [0.25, 0.3) is 0 Å². The highest BCUT2D eigenvalue weighted by atomic mass is 32.2.